The molecule has 1 unspecified atom stereocenters. The zero-order valence-corrected chi connectivity index (χ0v) is 11.8. The lowest BCUT2D eigenvalue weighted by atomic mass is 10.1. The van der Waals surface area contributed by atoms with Crippen LogP contribution < -0.4 is 0 Å². The molecule has 3 heteroatoms. The Morgan fingerprint density at radius 1 is 1.26 bits per heavy atom. The summed E-state index contributed by atoms with van der Waals surface area (Å²) in [6.45, 7) is 6.44. The molecule has 106 valence electrons. The van der Waals surface area contributed by atoms with Crippen LogP contribution in [-0.4, -0.2) is 29.1 Å². The molecular weight excluding hydrogens is 241 g/mol. The molecule has 1 fully saturated rings. The zero-order valence-electron chi connectivity index (χ0n) is 11.8. The van der Waals surface area contributed by atoms with E-state index in [0.29, 0.717) is 12.5 Å². The summed E-state index contributed by atoms with van der Waals surface area (Å²) in [5.74, 6) is 0.610. The lowest BCUT2D eigenvalue weighted by Crippen LogP contribution is -2.34. The lowest BCUT2D eigenvalue weighted by molar-refractivity contribution is 0.127. The third-order valence-corrected chi connectivity index (χ3v) is 3.86. The maximum absolute atomic E-state index is 12.8. The first-order valence-electron chi connectivity index (χ1n) is 7.24. The van der Waals surface area contributed by atoms with Crippen LogP contribution in [0.15, 0.2) is 24.3 Å². The highest BCUT2D eigenvalue weighted by Gasteiger charge is 2.25. The molecule has 1 saturated carbocycles. The van der Waals surface area contributed by atoms with Crippen molar-refractivity contribution < 1.29 is 9.50 Å². The summed E-state index contributed by atoms with van der Waals surface area (Å²) < 4.78 is 12.8. The fourth-order valence-electron chi connectivity index (χ4n) is 2.33. The summed E-state index contributed by atoms with van der Waals surface area (Å²) >= 11 is 0. The third kappa shape index (κ3) is 4.59. The number of hydrogen-bond acceptors (Lipinski definition) is 2. The van der Waals surface area contributed by atoms with Gasteiger partial charge >= 0.3 is 0 Å². The van der Waals surface area contributed by atoms with Gasteiger partial charge in [-0.2, -0.15) is 0 Å². The van der Waals surface area contributed by atoms with Gasteiger partial charge in [-0.3, -0.25) is 0 Å². The van der Waals surface area contributed by atoms with Crippen LogP contribution in [-0.2, 0) is 0 Å². The van der Waals surface area contributed by atoms with Crippen molar-refractivity contribution in [1.82, 2.24) is 4.90 Å². The minimum atomic E-state index is -0.499. The largest absolute Gasteiger partial charge is 0.388 e. The summed E-state index contributed by atoms with van der Waals surface area (Å²) in [4.78, 5) is 2.43. The van der Waals surface area contributed by atoms with Crippen LogP contribution in [0.25, 0.3) is 0 Å². The molecule has 2 rings (SSSR count). The van der Waals surface area contributed by atoms with E-state index in [-0.39, 0.29) is 5.82 Å². The molecule has 2 nitrogen and oxygen atoms in total. The molecule has 19 heavy (non-hydrogen) atoms. The van der Waals surface area contributed by atoms with Crippen molar-refractivity contribution in [3.8, 4) is 0 Å². The lowest BCUT2D eigenvalue weighted by Gasteiger charge is -2.27. The van der Waals surface area contributed by atoms with Crippen molar-refractivity contribution in [3.63, 3.8) is 0 Å². The highest BCUT2D eigenvalue weighted by Crippen LogP contribution is 2.30. The smallest absolute Gasteiger partial charge is 0.123 e. The van der Waals surface area contributed by atoms with Crippen LogP contribution in [0.2, 0.25) is 0 Å². The monoisotopic (exact) mass is 265 g/mol. The topological polar surface area (TPSA) is 23.5 Å². The minimum Gasteiger partial charge on any atom is -0.388 e. The van der Waals surface area contributed by atoms with Gasteiger partial charge in [0, 0.05) is 19.1 Å². The maximum Gasteiger partial charge on any atom is 0.123 e. The first kappa shape index (κ1) is 14.5. The van der Waals surface area contributed by atoms with E-state index in [2.05, 4.69) is 18.7 Å². The summed E-state index contributed by atoms with van der Waals surface area (Å²) in [6.07, 6.45) is 2.91. The SMILES string of the molecule is CC(C)N(CCC(O)c1ccc(F)cc1)CC1CC1. The fraction of sp³-hybridized carbons (Fsp3) is 0.625. The standard InChI is InChI=1S/C16H24FNO/c1-12(2)18(11-13-3-4-13)10-9-16(19)14-5-7-15(17)8-6-14/h5-8,12-13,16,19H,3-4,9-11H2,1-2H3. The van der Waals surface area contributed by atoms with E-state index in [4.69, 9.17) is 0 Å². The number of halogens is 1. The average Bonchev–Trinajstić information content (AvgIpc) is 3.18. The first-order chi connectivity index (χ1) is 9.06. The summed E-state index contributed by atoms with van der Waals surface area (Å²) in [5, 5.41) is 10.1. The van der Waals surface area contributed by atoms with E-state index in [9.17, 15) is 9.50 Å². The summed E-state index contributed by atoms with van der Waals surface area (Å²) in [5.41, 5.74) is 0.802. The van der Waals surface area contributed by atoms with Crippen molar-refractivity contribution >= 4 is 0 Å². The number of rotatable bonds is 7. The molecule has 0 bridgehead atoms. The van der Waals surface area contributed by atoms with E-state index in [1.54, 1.807) is 12.1 Å². The second kappa shape index (κ2) is 6.49. The molecule has 0 aromatic heterocycles. The quantitative estimate of drug-likeness (QED) is 0.817. The second-order valence-electron chi connectivity index (χ2n) is 5.89. The van der Waals surface area contributed by atoms with E-state index in [1.807, 2.05) is 0 Å². The second-order valence-corrected chi connectivity index (χ2v) is 5.89. The van der Waals surface area contributed by atoms with Gasteiger partial charge in [0.1, 0.15) is 5.82 Å². The highest BCUT2D eigenvalue weighted by atomic mass is 19.1. The van der Waals surface area contributed by atoms with Gasteiger partial charge in [-0.25, -0.2) is 4.39 Å². The van der Waals surface area contributed by atoms with Crippen molar-refractivity contribution in [2.45, 2.75) is 45.3 Å². The van der Waals surface area contributed by atoms with Gasteiger partial charge < -0.3 is 10.0 Å². The van der Waals surface area contributed by atoms with Crippen molar-refractivity contribution in [3.05, 3.63) is 35.6 Å². The number of hydrogen-bond donors (Lipinski definition) is 1. The number of aliphatic hydroxyl groups is 1. The Labute approximate surface area is 115 Å². The van der Waals surface area contributed by atoms with Crippen LogP contribution in [0.4, 0.5) is 4.39 Å². The van der Waals surface area contributed by atoms with Crippen LogP contribution in [0.1, 0.15) is 44.8 Å². The Balaban J connectivity index is 1.83. The van der Waals surface area contributed by atoms with E-state index < -0.39 is 6.10 Å². The van der Waals surface area contributed by atoms with Crippen molar-refractivity contribution in [1.29, 1.82) is 0 Å². The normalized spacial score (nSPS) is 17.2. The Morgan fingerprint density at radius 3 is 2.42 bits per heavy atom. The highest BCUT2D eigenvalue weighted by molar-refractivity contribution is 5.18. The molecule has 1 aliphatic rings. The van der Waals surface area contributed by atoms with Gasteiger partial charge in [-0.05, 0) is 56.7 Å². The molecule has 1 atom stereocenters. The van der Waals surface area contributed by atoms with Gasteiger partial charge in [0.2, 0.25) is 0 Å². The molecule has 0 spiro atoms. The Bertz CT molecular complexity index is 386. The molecule has 0 aliphatic heterocycles. The first-order valence-corrected chi connectivity index (χ1v) is 7.24. The third-order valence-electron chi connectivity index (χ3n) is 3.86. The summed E-state index contributed by atoms with van der Waals surface area (Å²) in [7, 11) is 0. The van der Waals surface area contributed by atoms with E-state index >= 15 is 0 Å². The molecule has 1 aromatic carbocycles. The maximum atomic E-state index is 12.8. The van der Waals surface area contributed by atoms with Crippen LogP contribution in [0.3, 0.4) is 0 Å². The molecule has 1 N–H and O–H groups in total. The Morgan fingerprint density at radius 2 is 1.89 bits per heavy atom. The van der Waals surface area contributed by atoms with Gasteiger partial charge in [-0.1, -0.05) is 12.1 Å². The van der Waals surface area contributed by atoms with E-state index in [1.165, 1.54) is 25.0 Å². The van der Waals surface area contributed by atoms with Crippen LogP contribution in [0.5, 0.6) is 0 Å². The predicted octanol–water partition coefficient (Wildman–Crippen LogP) is 3.37. The van der Waals surface area contributed by atoms with Crippen molar-refractivity contribution in [2.24, 2.45) is 5.92 Å². The minimum absolute atomic E-state index is 0.256. The molecule has 0 saturated heterocycles. The van der Waals surface area contributed by atoms with Crippen molar-refractivity contribution in [2.75, 3.05) is 13.1 Å². The molecule has 1 aliphatic carbocycles. The Kier molecular flexibility index (Phi) is 4.94. The van der Waals surface area contributed by atoms with Gasteiger partial charge in [0.15, 0.2) is 0 Å². The van der Waals surface area contributed by atoms with Gasteiger partial charge in [-0.15, -0.1) is 0 Å². The summed E-state index contributed by atoms with van der Waals surface area (Å²) in [6, 6.07) is 6.66. The molecule has 0 radical (unpaired) electrons. The zero-order chi connectivity index (χ0) is 13.8. The number of nitrogens with zero attached hydrogens (tertiary/aromatic N) is 1. The number of benzene rings is 1. The number of aliphatic hydroxyl groups excluding tert-OH is 1. The van der Waals surface area contributed by atoms with Crippen LogP contribution >= 0.6 is 0 Å². The van der Waals surface area contributed by atoms with Gasteiger partial charge in [0.05, 0.1) is 6.10 Å². The molecule has 1 aromatic rings. The van der Waals surface area contributed by atoms with Gasteiger partial charge in [0.25, 0.3) is 0 Å². The molecule has 0 amide bonds. The predicted molar refractivity (Wildman–Crippen MR) is 75.4 cm³/mol. The average molecular weight is 265 g/mol. The van der Waals surface area contributed by atoms with Crippen LogP contribution in [0, 0.1) is 11.7 Å². The fourth-order valence-corrected chi connectivity index (χ4v) is 2.33. The molecular formula is C16H24FNO. The Hall–Kier alpha value is -0.930. The van der Waals surface area contributed by atoms with E-state index in [0.717, 1.165) is 24.6 Å². The molecule has 0 heterocycles.